The van der Waals surface area contributed by atoms with Crippen LogP contribution in [0.3, 0.4) is 0 Å². The predicted octanol–water partition coefficient (Wildman–Crippen LogP) is 2.89. The quantitative estimate of drug-likeness (QED) is 0.787. The molecule has 4 nitrogen and oxygen atoms in total. The molecule has 0 aliphatic heterocycles. The molecule has 0 spiro atoms. The minimum Gasteiger partial charge on any atom is -0.385 e. The molecular weight excluding hydrogens is 250 g/mol. The van der Waals surface area contributed by atoms with Crippen molar-refractivity contribution >= 4 is 5.95 Å². The zero-order valence-electron chi connectivity index (χ0n) is 11.8. The summed E-state index contributed by atoms with van der Waals surface area (Å²) in [6.07, 6.45) is 6.08. The van der Waals surface area contributed by atoms with Crippen molar-refractivity contribution in [2.75, 3.05) is 19.0 Å². The molecule has 0 bridgehead atoms. The molecule has 0 radical (unpaired) electrons. The molecule has 2 atom stereocenters. The Morgan fingerprint density at radius 1 is 1.35 bits per heavy atom. The van der Waals surface area contributed by atoms with E-state index in [4.69, 9.17) is 4.74 Å². The molecule has 1 aliphatic rings. The number of benzene rings is 1. The molecule has 1 aromatic heterocycles. The van der Waals surface area contributed by atoms with E-state index in [2.05, 4.69) is 45.2 Å². The molecule has 1 fully saturated rings. The van der Waals surface area contributed by atoms with Gasteiger partial charge in [0.05, 0.1) is 0 Å². The van der Waals surface area contributed by atoms with E-state index in [1.165, 1.54) is 12.0 Å². The Morgan fingerprint density at radius 3 is 3.00 bits per heavy atom. The Kier molecular flexibility index (Phi) is 4.02. The van der Waals surface area contributed by atoms with Gasteiger partial charge < -0.3 is 14.6 Å². The largest absolute Gasteiger partial charge is 0.385 e. The van der Waals surface area contributed by atoms with E-state index >= 15 is 0 Å². The van der Waals surface area contributed by atoms with Crippen molar-refractivity contribution in [2.24, 2.45) is 0 Å². The van der Waals surface area contributed by atoms with Gasteiger partial charge in [0.15, 0.2) is 0 Å². The van der Waals surface area contributed by atoms with Crippen molar-refractivity contribution in [1.29, 1.82) is 0 Å². The van der Waals surface area contributed by atoms with Crippen LogP contribution in [-0.4, -0.2) is 29.3 Å². The van der Waals surface area contributed by atoms with E-state index in [0.717, 1.165) is 25.5 Å². The van der Waals surface area contributed by atoms with Crippen LogP contribution in [0.25, 0.3) is 0 Å². The molecule has 1 aliphatic carbocycles. The lowest BCUT2D eigenvalue weighted by molar-refractivity contribution is 0.190. The number of nitrogens with one attached hydrogen (secondary N) is 1. The van der Waals surface area contributed by atoms with Crippen LogP contribution in [0.5, 0.6) is 0 Å². The molecule has 1 saturated carbocycles. The van der Waals surface area contributed by atoms with Crippen molar-refractivity contribution in [2.45, 2.75) is 31.3 Å². The summed E-state index contributed by atoms with van der Waals surface area (Å²) in [5.41, 5.74) is 1.42. The first-order valence-electron chi connectivity index (χ1n) is 7.20. The third-order valence-corrected chi connectivity index (χ3v) is 3.80. The van der Waals surface area contributed by atoms with Gasteiger partial charge in [-0.2, -0.15) is 0 Å². The summed E-state index contributed by atoms with van der Waals surface area (Å²) in [7, 11) is 1.74. The number of nitrogens with zero attached hydrogens (tertiary/aromatic N) is 2. The number of anilines is 1. The van der Waals surface area contributed by atoms with E-state index in [9.17, 15) is 0 Å². The average molecular weight is 271 g/mol. The Hall–Kier alpha value is -1.81. The Bertz CT molecular complexity index is 538. The summed E-state index contributed by atoms with van der Waals surface area (Å²) in [6.45, 7) is 1.73. The molecule has 3 rings (SSSR count). The number of aromatic nitrogens is 2. The lowest BCUT2D eigenvalue weighted by atomic mass is 10.1. The van der Waals surface area contributed by atoms with E-state index in [1.54, 1.807) is 7.11 Å². The zero-order valence-corrected chi connectivity index (χ0v) is 11.8. The maximum absolute atomic E-state index is 5.09. The van der Waals surface area contributed by atoms with Crippen LogP contribution in [0.2, 0.25) is 0 Å². The van der Waals surface area contributed by atoms with Crippen LogP contribution in [0.4, 0.5) is 5.95 Å². The monoisotopic (exact) mass is 271 g/mol. The van der Waals surface area contributed by atoms with Crippen molar-refractivity contribution in [3.63, 3.8) is 0 Å². The van der Waals surface area contributed by atoms with Crippen LogP contribution >= 0.6 is 0 Å². The molecular formula is C16H21N3O. The Balaban J connectivity index is 1.56. The summed E-state index contributed by atoms with van der Waals surface area (Å²) in [4.78, 5) is 4.41. The number of hydrogen-bond donors (Lipinski definition) is 1. The molecule has 1 heterocycles. The predicted molar refractivity (Wildman–Crippen MR) is 79.9 cm³/mol. The topological polar surface area (TPSA) is 39.1 Å². The highest BCUT2D eigenvalue weighted by Gasteiger charge is 2.38. The normalized spacial score (nSPS) is 20.9. The smallest absolute Gasteiger partial charge is 0.203 e. The SMILES string of the molecule is COCCCn1ccnc1NC1CC1c1ccccc1. The third kappa shape index (κ3) is 3.02. The van der Waals surface area contributed by atoms with Gasteiger partial charge in [-0.25, -0.2) is 4.98 Å². The molecule has 0 amide bonds. The maximum Gasteiger partial charge on any atom is 0.203 e. The molecule has 4 heteroatoms. The fraction of sp³-hybridized carbons (Fsp3) is 0.438. The summed E-state index contributed by atoms with van der Waals surface area (Å²) in [5.74, 6) is 1.60. The van der Waals surface area contributed by atoms with Gasteiger partial charge in [-0.1, -0.05) is 30.3 Å². The van der Waals surface area contributed by atoms with Crippen LogP contribution in [0, 0.1) is 0 Å². The van der Waals surface area contributed by atoms with Gasteiger partial charge in [-0.15, -0.1) is 0 Å². The number of imidazole rings is 1. The van der Waals surface area contributed by atoms with E-state index < -0.39 is 0 Å². The maximum atomic E-state index is 5.09. The minimum atomic E-state index is 0.515. The number of hydrogen-bond acceptors (Lipinski definition) is 3. The molecule has 0 saturated heterocycles. The number of methoxy groups -OCH3 is 1. The first-order chi connectivity index (χ1) is 9.88. The summed E-state index contributed by atoms with van der Waals surface area (Å²) < 4.78 is 7.26. The number of aryl methyl sites for hydroxylation is 1. The van der Waals surface area contributed by atoms with Crippen molar-refractivity contribution in [3.05, 3.63) is 48.3 Å². The summed E-state index contributed by atoms with van der Waals surface area (Å²) in [6, 6.07) is 11.2. The molecule has 1 aromatic carbocycles. The second-order valence-corrected chi connectivity index (χ2v) is 5.29. The fourth-order valence-electron chi connectivity index (χ4n) is 2.60. The minimum absolute atomic E-state index is 0.515. The van der Waals surface area contributed by atoms with Gasteiger partial charge in [0.1, 0.15) is 0 Å². The first kappa shape index (κ1) is 13.2. The highest BCUT2D eigenvalue weighted by Crippen LogP contribution is 2.42. The van der Waals surface area contributed by atoms with Gasteiger partial charge in [0, 0.05) is 44.6 Å². The molecule has 106 valence electrons. The van der Waals surface area contributed by atoms with Crippen molar-refractivity contribution in [1.82, 2.24) is 9.55 Å². The Morgan fingerprint density at radius 2 is 2.20 bits per heavy atom. The van der Waals surface area contributed by atoms with Crippen molar-refractivity contribution in [3.8, 4) is 0 Å². The molecule has 2 unspecified atom stereocenters. The number of ether oxygens (including phenoxy) is 1. The highest BCUT2D eigenvalue weighted by molar-refractivity contribution is 5.37. The Labute approximate surface area is 119 Å². The first-order valence-corrected chi connectivity index (χ1v) is 7.20. The van der Waals surface area contributed by atoms with Crippen LogP contribution in [0.1, 0.15) is 24.3 Å². The molecule has 20 heavy (non-hydrogen) atoms. The number of rotatable bonds is 7. The highest BCUT2D eigenvalue weighted by atomic mass is 16.5. The summed E-state index contributed by atoms with van der Waals surface area (Å²) >= 11 is 0. The second kappa shape index (κ2) is 6.09. The lowest BCUT2D eigenvalue weighted by Crippen LogP contribution is -2.11. The van der Waals surface area contributed by atoms with Gasteiger partial charge in [-0.3, -0.25) is 0 Å². The van der Waals surface area contributed by atoms with Gasteiger partial charge in [0.25, 0.3) is 0 Å². The van der Waals surface area contributed by atoms with E-state index in [0.29, 0.717) is 12.0 Å². The average Bonchev–Trinajstić information content (AvgIpc) is 3.12. The van der Waals surface area contributed by atoms with Crippen LogP contribution in [-0.2, 0) is 11.3 Å². The molecule has 2 aromatic rings. The lowest BCUT2D eigenvalue weighted by Gasteiger charge is -2.09. The standard InChI is InChI=1S/C16H21N3O/c1-20-11-5-9-19-10-8-17-16(19)18-15-12-14(15)13-6-3-2-4-7-13/h2-4,6-8,10,14-15H,5,9,11-12H2,1H3,(H,17,18). The van der Waals surface area contributed by atoms with Gasteiger partial charge >= 0.3 is 0 Å². The fourth-order valence-corrected chi connectivity index (χ4v) is 2.60. The van der Waals surface area contributed by atoms with Crippen LogP contribution in [0.15, 0.2) is 42.7 Å². The van der Waals surface area contributed by atoms with Gasteiger partial charge in [0.2, 0.25) is 5.95 Å². The molecule has 1 N–H and O–H groups in total. The third-order valence-electron chi connectivity index (χ3n) is 3.80. The second-order valence-electron chi connectivity index (χ2n) is 5.29. The van der Waals surface area contributed by atoms with Gasteiger partial charge in [-0.05, 0) is 18.4 Å². The van der Waals surface area contributed by atoms with E-state index in [1.807, 2.05) is 12.4 Å². The van der Waals surface area contributed by atoms with Crippen LogP contribution < -0.4 is 5.32 Å². The zero-order chi connectivity index (χ0) is 13.8. The van der Waals surface area contributed by atoms with Crippen molar-refractivity contribution < 1.29 is 4.74 Å². The van der Waals surface area contributed by atoms with E-state index in [-0.39, 0.29) is 0 Å². The summed E-state index contributed by atoms with van der Waals surface area (Å²) in [5, 5.41) is 3.55.